The molecule has 0 amide bonds. The van der Waals surface area contributed by atoms with Crippen LogP contribution in [0, 0.1) is 20.8 Å². The van der Waals surface area contributed by atoms with Crippen molar-refractivity contribution in [2.45, 2.75) is 20.8 Å². The third-order valence-electron chi connectivity index (χ3n) is 5.18. The number of aromatic nitrogens is 1. The second-order valence-corrected chi connectivity index (χ2v) is 6.93. The lowest BCUT2D eigenvalue weighted by atomic mass is 9.97. The number of furan rings is 1. The van der Waals surface area contributed by atoms with Gasteiger partial charge in [-0.05, 0) is 67.8 Å². The highest BCUT2D eigenvalue weighted by Crippen LogP contribution is 2.38. The molecule has 0 bridgehead atoms. The molecule has 28 heavy (non-hydrogen) atoms. The first-order valence-corrected chi connectivity index (χ1v) is 9.00. The lowest BCUT2D eigenvalue weighted by Gasteiger charge is -2.11. The predicted molar refractivity (Wildman–Crippen MR) is 108 cm³/mol. The fourth-order valence-corrected chi connectivity index (χ4v) is 3.42. The van der Waals surface area contributed by atoms with Crippen molar-refractivity contribution in [2.24, 2.45) is 0 Å². The Morgan fingerprint density at radius 1 is 1.07 bits per heavy atom. The van der Waals surface area contributed by atoms with E-state index in [0.29, 0.717) is 39.3 Å². The largest absolute Gasteiger partial charge is 0.504 e. The zero-order valence-corrected chi connectivity index (χ0v) is 16.2. The summed E-state index contributed by atoms with van der Waals surface area (Å²) in [4.78, 5) is 13.6. The second kappa shape index (κ2) is 6.60. The highest BCUT2D eigenvalue weighted by molar-refractivity contribution is 6.19. The molecule has 4 rings (SSSR count). The molecule has 0 radical (unpaired) electrons. The lowest BCUT2D eigenvalue weighted by Crippen LogP contribution is -2.06. The molecule has 2 aromatic heterocycles. The van der Waals surface area contributed by atoms with Crippen molar-refractivity contribution in [1.82, 2.24) is 4.57 Å². The molecule has 1 N–H and O–H groups in total. The lowest BCUT2D eigenvalue weighted by molar-refractivity contribution is 0.103. The van der Waals surface area contributed by atoms with Crippen LogP contribution in [-0.2, 0) is 0 Å². The van der Waals surface area contributed by atoms with Gasteiger partial charge in [0.25, 0.3) is 0 Å². The summed E-state index contributed by atoms with van der Waals surface area (Å²) in [6.07, 6.45) is 3.61. The minimum atomic E-state index is -0.188. The summed E-state index contributed by atoms with van der Waals surface area (Å²) in [6.45, 7) is 5.70. The molecule has 5 heteroatoms. The van der Waals surface area contributed by atoms with E-state index < -0.39 is 0 Å². The number of hydrogen-bond acceptors (Lipinski definition) is 4. The van der Waals surface area contributed by atoms with Crippen molar-refractivity contribution in [2.75, 3.05) is 7.11 Å². The van der Waals surface area contributed by atoms with Crippen LogP contribution >= 0.6 is 0 Å². The molecule has 0 spiro atoms. The highest BCUT2D eigenvalue weighted by atomic mass is 16.5. The Kier molecular flexibility index (Phi) is 4.23. The van der Waals surface area contributed by atoms with Gasteiger partial charge in [-0.25, -0.2) is 0 Å². The molecule has 4 aromatic rings. The third kappa shape index (κ3) is 2.67. The molecular formula is C23H21NO4. The van der Waals surface area contributed by atoms with E-state index in [1.807, 2.05) is 38.1 Å². The van der Waals surface area contributed by atoms with Gasteiger partial charge in [0.1, 0.15) is 5.75 Å². The van der Waals surface area contributed by atoms with Crippen molar-refractivity contribution in [3.8, 4) is 17.4 Å². The number of ketones is 1. The molecule has 5 nitrogen and oxygen atoms in total. The SMILES string of the molecule is COc1cc(C(=O)c2c(-n3cccc3)oc3c(O)c(C)ccc23)cc(C)c1C. The normalized spacial score (nSPS) is 11.1. The number of carbonyl (C=O) groups is 1. The number of nitrogens with zero attached hydrogens (tertiary/aromatic N) is 1. The smallest absolute Gasteiger partial charge is 0.216 e. The molecule has 2 heterocycles. The zero-order valence-electron chi connectivity index (χ0n) is 16.2. The summed E-state index contributed by atoms with van der Waals surface area (Å²) in [5.74, 6) is 0.898. The number of rotatable bonds is 4. The number of benzene rings is 2. The molecule has 0 fully saturated rings. The van der Waals surface area contributed by atoms with E-state index in [-0.39, 0.29) is 11.5 Å². The van der Waals surface area contributed by atoms with Crippen molar-refractivity contribution in [1.29, 1.82) is 0 Å². The first-order chi connectivity index (χ1) is 13.4. The summed E-state index contributed by atoms with van der Waals surface area (Å²) in [5.41, 5.74) is 3.88. The third-order valence-corrected chi connectivity index (χ3v) is 5.18. The minimum Gasteiger partial charge on any atom is -0.504 e. The average Bonchev–Trinajstić information content (AvgIpc) is 3.34. The quantitative estimate of drug-likeness (QED) is 0.504. The van der Waals surface area contributed by atoms with E-state index in [4.69, 9.17) is 9.15 Å². The molecule has 0 aliphatic carbocycles. The van der Waals surface area contributed by atoms with Gasteiger partial charge in [0.05, 0.1) is 12.7 Å². The maximum atomic E-state index is 13.6. The van der Waals surface area contributed by atoms with Crippen LogP contribution in [0.5, 0.6) is 11.5 Å². The van der Waals surface area contributed by atoms with Gasteiger partial charge in [-0.3, -0.25) is 9.36 Å². The standard InChI is InChI=1S/C23H21NO4/c1-13-7-8-17-19(21(26)16-11-14(2)15(3)18(12-16)27-4)23(24-9-5-6-10-24)28-22(17)20(13)25/h5-12,25H,1-4H3. The first-order valence-electron chi connectivity index (χ1n) is 9.00. The molecule has 0 saturated carbocycles. The Bertz CT molecular complexity index is 1200. The average molecular weight is 375 g/mol. The Labute approximate surface area is 162 Å². The Balaban J connectivity index is 2.00. The molecule has 2 aromatic carbocycles. The molecule has 0 saturated heterocycles. The molecule has 0 atom stereocenters. The van der Waals surface area contributed by atoms with E-state index in [1.165, 1.54) is 0 Å². The maximum Gasteiger partial charge on any atom is 0.216 e. The first kappa shape index (κ1) is 17.9. The molecule has 0 aliphatic rings. The summed E-state index contributed by atoms with van der Waals surface area (Å²) in [5, 5.41) is 11.1. The fraction of sp³-hybridized carbons (Fsp3) is 0.174. The molecule has 0 aliphatic heterocycles. The van der Waals surface area contributed by atoms with E-state index in [9.17, 15) is 9.90 Å². The number of aryl methyl sites for hydroxylation is 2. The Morgan fingerprint density at radius 2 is 1.79 bits per heavy atom. The molecule has 0 unspecified atom stereocenters. The fourth-order valence-electron chi connectivity index (χ4n) is 3.42. The van der Waals surface area contributed by atoms with E-state index in [1.54, 1.807) is 43.1 Å². The number of methoxy groups -OCH3 is 1. The highest BCUT2D eigenvalue weighted by Gasteiger charge is 2.26. The van der Waals surface area contributed by atoms with Gasteiger partial charge in [-0.15, -0.1) is 0 Å². The van der Waals surface area contributed by atoms with Gasteiger partial charge >= 0.3 is 0 Å². The van der Waals surface area contributed by atoms with Crippen LogP contribution in [0.25, 0.3) is 16.9 Å². The van der Waals surface area contributed by atoms with Crippen molar-refractivity contribution >= 4 is 16.8 Å². The van der Waals surface area contributed by atoms with Crippen molar-refractivity contribution < 1.29 is 19.1 Å². The summed E-state index contributed by atoms with van der Waals surface area (Å²) in [7, 11) is 1.59. The number of aromatic hydroxyl groups is 1. The number of phenolic OH excluding ortho intramolecular Hbond substituents is 1. The van der Waals surface area contributed by atoms with Crippen LogP contribution in [0.2, 0.25) is 0 Å². The molecular weight excluding hydrogens is 354 g/mol. The Morgan fingerprint density at radius 3 is 2.46 bits per heavy atom. The van der Waals surface area contributed by atoms with Crippen LogP contribution in [0.1, 0.15) is 32.6 Å². The zero-order chi connectivity index (χ0) is 20.0. The van der Waals surface area contributed by atoms with Crippen LogP contribution < -0.4 is 4.74 Å². The van der Waals surface area contributed by atoms with E-state index in [0.717, 1.165) is 11.1 Å². The topological polar surface area (TPSA) is 64.6 Å². The monoisotopic (exact) mass is 375 g/mol. The van der Waals surface area contributed by atoms with E-state index in [2.05, 4.69) is 0 Å². The van der Waals surface area contributed by atoms with Crippen LogP contribution in [0.3, 0.4) is 0 Å². The van der Waals surface area contributed by atoms with Gasteiger partial charge in [0.15, 0.2) is 17.1 Å². The number of ether oxygens (including phenoxy) is 1. The summed E-state index contributed by atoms with van der Waals surface area (Å²) in [6, 6.07) is 10.9. The number of hydrogen-bond donors (Lipinski definition) is 1. The predicted octanol–water partition coefficient (Wildman–Crippen LogP) is 5.09. The van der Waals surface area contributed by atoms with Crippen LogP contribution in [-0.4, -0.2) is 22.6 Å². The number of phenols is 1. The summed E-state index contributed by atoms with van der Waals surface area (Å²) < 4.78 is 13.1. The van der Waals surface area contributed by atoms with E-state index >= 15 is 0 Å². The molecule has 142 valence electrons. The van der Waals surface area contributed by atoms with Crippen molar-refractivity contribution in [3.63, 3.8) is 0 Å². The van der Waals surface area contributed by atoms with Crippen LogP contribution in [0.15, 0.2) is 53.2 Å². The van der Waals surface area contributed by atoms with Gasteiger partial charge in [0.2, 0.25) is 5.88 Å². The summed E-state index contributed by atoms with van der Waals surface area (Å²) >= 11 is 0. The Hall–Kier alpha value is -3.47. The van der Waals surface area contributed by atoms with Crippen LogP contribution in [0.4, 0.5) is 0 Å². The second-order valence-electron chi connectivity index (χ2n) is 6.93. The minimum absolute atomic E-state index is 0.0441. The van der Waals surface area contributed by atoms with Crippen molar-refractivity contribution in [3.05, 3.63) is 76.6 Å². The maximum absolute atomic E-state index is 13.6. The number of fused-ring (bicyclic) bond motifs is 1. The van der Waals surface area contributed by atoms with Gasteiger partial charge in [-0.2, -0.15) is 0 Å². The van der Waals surface area contributed by atoms with Gasteiger partial charge < -0.3 is 14.3 Å². The number of carbonyl (C=O) groups excluding carboxylic acids is 1. The van der Waals surface area contributed by atoms with Gasteiger partial charge in [0, 0.05) is 23.3 Å². The van der Waals surface area contributed by atoms with Gasteiger partial charge in [-0.1, -0.05) is 6.07 Å².